The normalized spacial score (nSPS) is 18.3. The number of aromatic amines is 1. The zero-order chi connectivity index (χ0) is 33.9. The second-order valence-corrected chi connectivity index (χ2v) is 13.2. The maximum absolute atomic E-state index is 14.0. The number of nitrogens with zero attached hydrogens (tertiary/aromatic N) is 2. The smallest absolute Gasteiger partial charge is 0.439 e. The van der Waals surface area contributed by atoms with Crippen molar-refractivity contribution in [1.82, 2.24) is 20.4 Å². The fourth-order valence-electron chi connectivity index (χ4n) is 5.82. The van der Waals surface area contributed by atoms with E-state index in [0.717, 1.165) is 16.9 Å². The number of thiophene rings is 1. The molecule has 14 heteroatoms. The molecule has 2 atom stereocenters. The number of halogens is 1. The highest BCUT2D eigenvalue weighted by molar-refractivity contribution is 7.14. The number of esters is 2. The summed E-state index contributed by atoms with van der Waals surface area (Å²) in [6.45, 7) is 7.50. The van der Waals surface area contributed by atoms with Gasteiger partial charge < -0.3 is 19.5 Å². The Hall–Kier alpha value is -4.72. The average Bonchev–Trinajstić information content (AvgIpc) is 3.80. The second kappa shape index (κ2) is 14.0. The van der Waals surface area contributed by atoms with Gasteiger partial charge in [0.1, 0.15) is 16.3 Å². The van der Waals surface area contributed by atoms with E-state index >= 15 is 0 Å². The van der Waals surface area contributed by atoms with E-state index in [4.69, 9.17) is 18.7 Å². The molecule has 0 bridgehead atoms. The molecule has 47 heavy (non-hydrogen) atoms. The van der Waals surface area contributed by atoms with Crippen molar-refractivity contribution < 1.29 is 37.5 Å². The molecular formula is C33H37FN4O8S. The Kier molecular flexibility index (Phi) is 9.99. The van der Waals surface area contributed by atoms with Crippen molar-refractivity contribution in [2.75, 3.05) is 20.3 Å². The van der Waals surface area contributed by atoms with Crippen LogP contribution in [0.25, 0.3) is 5.57 Å². The van der Waals surface area contributed by atoms with E-state index in [1.165, 1.54) is 19.2 Å². The summed E-state index contributed by atoms with van der Waals surface area (Å²) in [6, 6.07) is 8.82. The number of aryl methyl sites for hydroxylation is 1. The summed E-state index contributed by atoms with van der Waals surface area (Å²) < 4.78 is 34.9. The quantitative estimate of drug-likeness (QED) is 0.227. The fraction of sp³-hybridized carbons (Fsp3) is 0.424. The molecular weight excluding hydrogens is 631 g/mol. The Bertz CT molecular complexity index is 1760. The Labute approximate surface area is 274 Å². The predicted molar refractivity (Wildman–Crippen MR) is 170 cm³/mol. The molecule has 250 valence electrons. The molecule has 1 saturated heterocycles. The summed E-state index contributed by atoms with van der Waals surface area (Å²) in [6.07, 6.45) is 1.43. The van der Waals surface area contributed by atoms with Crippen molar-refractivity contribution in [1.29, 1.82) is 0 Å². The molecule has 1 amide bonds. The van der Waals surface area contributed by atoms with Crippen molar-refractivity contribution in [3.63, 3.8) is 0 Å². The number of amides is 1. The van der Waals surface area contributed by atoms with Crippen LogP contribution in [-0.4, -0.2) is 65.0 Å². The molecule has 4 heterocycles. The monoisotopic (exact) mass is 668 g/mol. The lowest BCUT2D eigenvalue weighted by Gasteiger charge is -2.37. The van der Waals surface area contributed by atoms with Gasteiger partial charge in [-0.2, -0.15) is 0 Å². The van der Waals surface area contributed by atoms with Gasteiger partial charge in [0.05, 0.1) is 31.2 Å². The number of methoxy groups -OCH3 is 1. The van der Waals surface area contributed by atoms with Gasteiger partial charge in [-0.25, -0.2) is 23.6 Å². The van der Waals surface area contributed by atoms with E-state index in [1.807, 2.05) is 0 Å². The molecule has 1 unspecified atom stereocenters. The van der Waals surface area contributed by atoms with Crippen molar-refractivity contribution in [3.05, 3.63) is 90.9 Å². The Morgan fingerprint density at radius 2 is 1.85 bits per heavy atom. The lowest BCUT2D eigenvalue weighted by molar-refractivity contribution is -0.138. The number of hydrogen-bond acceptors (Lipinski definition) is 11. The molecule has 1 fully saturated rings. The van der Waals surface area contributed by atoms with Gasteiger partial charge in [0.25, 0.3) is 0 Å². The van der Waals surface area contributed by atoms with Crippen molar-refractivity contribution in [3.8, 4) is 0 Å². The maximum Gasteiger partial charge on any atom is 0.439 e. The summed E-state index contributed by atoms with van der Waals surface area (Å²) in [5.41, 5.74) is 1.72. The predicted octanol–water partition coefficient (Wildman–Crippen LogP) is 5.30. The largest absolute Gasteiger partial charge is 0.465 e. The van der Waals surface area contributed by atoms with E-state index in [-0.39, 0.29) is 23.8 Å². The number of allylic oxidation sites excluding steroid dienone is 2. The number of dihydropyridines is 1. The standard InChI is InChI=1S/C33H37FN4O8S/c1-6-44-30(40)26-25(22-15-16-23(47-22)29(39)43-5)24(28-36-31(41)46-37-28)20(14-11-18-9-12-19(34)13-10-18)35-27(26)21-8-7-17-38(21)32(42)45-33(2,3)4/h9-10,12-13,15-16,21,25,35H,6-8,11,14,17H2,1-5H3,(H,36,37,41)/t21-,25?/m0/s1. The zero-order valence-corrected chi connectivity index (χ0v) is 27.6. The van der Waals surface area contributed by atoms with Crippen LogP contribution in [0.5, 0.6) is 0 Å². The molecule has 0 radical (unpaired) electrons. The van der Waals surface area contributed by atoms with Crippen molar-refractivity contribution in [2.45, 2.75) is 70.9 Å². The minimum Gasteiger partial charge on any atom is -0.465 e. The topological polar surface area (TPSA) is 153 Å². The molecule has 0 aliphatic carbocycles. The number of hydrogen-bond donors (Lipinski definition) is 2. The zero-order valence-electron chi connectivity index (χ0n) is 26.8. The third-order valence-corrected chi connectivity index (χ3v) is 8.89. The first-order chi connectivity index (χ1) is 22.4. The summed E-state index contributed by atoms with van der Waals surface area (Å²) in [7, 11) is 1.28. The van der Waals surface area contributed by atoms with Crippen LogP contribution in [-0.2, 0) is 25.4 Å². The number of carbonyl (C=O) groups excluding carboxylic acids is 3. The number of carbonyl (C=O) groups is 3. The summed E-state index contributed by atoms with van der Waals surface area (Å²) in [4.78, 5) is 57.4. The highest BCUT2D eigenvalue weighted by Gasteiger charge is 2.44. The summed E-state index contributed by atoms with van der Waals surface area (Å²) in [5, 5.41) is 7.46. The Morgan fingerprint density at radius 3 is 2.49 bits per heavy atom. The van der Waals surface area contributed by atoms with Gasteiger partial charge >= 0.3 is 23.8 Å². The minimum absolute atomic E-state index is 0.0674. The van der Waals surface area contributed by atoms with Gasteiger partial charge in [-0.05, 0) is 83.2 Å². The first kappa shape index (κ1) is 33.6. The molecule has 5 rings (SSSR count). The Balaban J connectivity index is 1.72. The number of nitrogens with one attached hydrogen (secondary N) is 2. The van der Waals surface area contributed by atoms with E-state index in [0.29, 0.717) is 58.9 Å². The summed E-state index contributed by atoms with van der Waals surface area (Å²) >= 11 is 1.12. The van der Waals surface area contributed by atoms with Gasteiger partial charge in [-0.15, -0.1) is 11.3 Å². The Morgan fingerprint density at radius 1 is 1.11 bits per heavy atom. The van der Waals surface area contributed by atoms with Crippen LogP contribution in [0, 0.1) is 5.82 Å². The summed E-state index contributed by atoms with van der Waals surface area (Å²) in [5.74, 6) is -3.20. The van der Waals surface area contributed by atoms with E-state index in [9.17, 15) is 23.6 Å². The number of H-pyrrole nitrogens is 1. The van der Waals surface area contributed by atoms with Crippen molar-refractivity contribution in [2.24, 2.45) is 0 Å². The molecule has 2 aromatic heterocycles. The maximum atomic E-state index is 14.0. The number of rotatable bonds is 9. The van der Waals surface area contributed by atoms with Crippen LogP contribution >= 0.6 is 11.3 Å². The molecule has 3 aromatic rings. The van der Waals surface area contributed by atoms with Crippen LogP contribution in [0.15, 0.2) is 62.7 Å². The van der Waals surface area contributed by atoms with Crippen molar-refractivity contribution >= 4 is 34.9 Å². The average molecular weight is 669 g/mol. The highest BCUT2D eigenvalue weighted by Crippen LogP contribution is 2.47. The number of benzene rings is 1. The third-order valence-electron chi connectivity index (χ3n) is 7.76. The molecule has 0 saturated carbocycles. The molecule has 2 N–H and O–H groups in total. The van der Waals surface area contributed by atoms with Gasteiger partial charge in [0, 0.05) is 28.4 Å². The SMILES string of the molecule is CCOC(=O)C1=C([C@@H]2CCCN2C(=O)OC(C)(C)C)NC(CCc2ccc(F)cc2)=C(c2noc(=O)[nH]2)C1c1ccc(C(=O)OC)s1. The van der Waals surface area contributed by atoms with Gasteiger partial charge in [-0.1, -0.05) is 17.3 Å². The van der Waals surface area contributed by atoms with E-state index in [1.54, 1.807) is 56.9 Å². The molecule has 2 aliphatic heterocycles. The lowest BCUT2D eigenvalue weighted by atomic mass is 9.80. The number of ether oxygens (including phenoxy) is 3. The second-order valence-electron chi connectivity index (χ2n) is 12.1. The van der Waals surface area contributed by atoms with E-state index in [2.05, 4.69) is 15.5 Å². The number of aromatic nitrogens is 2. The first-order valence-corrected chi connectivity index (χ1v) is 16.1. The van der Waals surface area contributed by atoms with Crippen LogP contribution in [0.4, 0.5) is 9.18 Å². The van der Waals surface area contributed by atoms with Gasteiger partial charge in [0.2, 0.25) is 0 Å². The van der Waals surface area contributed by atoms with E-state index < -0.39 is 41.3 Å². The van der Waals surface area contributed by atoms with Crippen LogP contribution in [0.1, 0.15) is 78.8 Å². The molecule has 2 aliphatic rings. The molecule has 1 aromatic carbocycles. The first-order valence-electron chi connectivity index (χ1n) is 15.3. The molecule has 12 nitrogen and oxygen atoms in total. The number of likely N-dealkylation sites (tertiary alicyclic amines) is 1. The van der Waals surface area contributed by atoms with Gasteiger partial charge in [0.15, 0.2) is 5.82 Å². The van der Waals surface area contributed by atoms with Gasteiger partial charge in [-0.3, -0.25) is 14.4 Å². The minimum atomic E-state index is -0.904. The highest BCUT2D eigenvalue weighted by atomic mass is 32.1. The van der Waals surface area contributed by atoms with Crippen LogP contribution in [0.2, 0.25) is 0 Å². The van der Waals surface area contributed by atoms with Crippen LogP contribution < -0.4 is 11.1 Å². The lowest BCUT2D eigenvalue weighted by Crippen LogP contribution is -2.45. The molecule has 0 spiro atoms. The van der Waals surface area contributed by atoms with Crippen LogP contribution in [0.3, 0.4) is 0 Å². The third kappa shape index (κ3) is 7.48. The fourth-order valence-corrected chi connectivity index (χ4v) is 6.87.